The van der Waals surface area contributed by atoms with Gasteiger partial charge in [0.15, 0.2) is 0 Å². The summed E-state index contributed by atoms with van der Waals surface area (Å²) in [6, 6.07) is 0. The number of carboxylic acid groups (broad SMARTS) is 1. The summed E-state index contributed by atoms with van der Waals surface area (Å²) in [4.78, 5) is 25.0. The van der Waals surface area contributed by atoms with Crippen LogP contribution in [0.25, 0.3) is 0 Å². The minimum Gasteiger partial charge on any atom is -0.481 e. The summed E-state index contributed by atoms with van der Waals surface area (Å²) >= 11 is 0. The van der Waals surface area contributed by atoms with E-state index in [9.17, 15) is 9.59 Å². The average Bonchev–Trinajstić information content (AvgIpc) is 2.97. The van der Waals surface area contributed by atoms with E-state index in [-0.39, 0.29) is 12.5 Å². The van der Waals surface area contributed by atoms with E-state index in [4.69, 9.17) is 5.11 Å². The number of amides is 1. The number of likely N-dealkylation sites (tertiary alicyclic amines) is 1. The Morgan fingerprint density at radius 3 is 2.84 bits per heavy atom. The number of nitrogens with zero attached hydrogens (tertiary/aromatic N) is 3. The molecule has 1 N–H and O–H groups in total. The van der Waals surface area contributed by atoms with Crippen LogP contribution in [0.2, 0.25) is 0 Å². The molecule has 0 bridgehead atoms. The van der Waals surface area contributed by atoms with E-state index in [0.717, 1.165) is 13.0 Å². The Bertz CT molecular complexity index is 497. The van der Waals surface area contributed by atoms with Gasteiger partial charge in [0.1, 0.15) is 0 Å². The number of carbonyl (C=O) groups is 2. The van der Waals surface area contributed by atoms with Gasteiger partial charge in [-0.25, -0.2) is 0 Å². The molecule has 1 atom stereocenters. The first-order valence-electron chi connectivity index (χ1n) is 6.51. The Hall–Kier alpha value is -1.85. The Labute approximate surface area is 112 Å². The van der Waals surface area contributed by atoms with E-state index in [1.165, 1.54) is 0 Å². The van der Waals surface area contributed by atoms with Crippen molar-refractivity contribution in [1.82, 2.24) is 14.7 Å². The van der Waals surface area contributed by atoms with E-state index in [2.05, 4.69) is 5.10 Å². The van der Waals surface area contributed by atoms with Gasteiger partial charge in [0, 0.05) is 25.8 Å². The summed E-state index contributed by atoms with van der Waals surface area (Å²) in [5.74, 6) is -0.975. The molecular weight excluding hydrogens is 246 g/mol. The summed E-state index contributed by atoms with van der Waals surface area (Å²) in [5.41, 5.74) is -0.294. The van der Waals surface area contributed by atoms with Crippen LogP contribution in [0.15, 0.2) is 12.4 Å². The molecule has 1 saturated heterocycles. The minimum atomic E-state index is -0.843. The van der Waals surface area contributed by atoms with Gasteiger partial charge >= 0.3 is 5.97 Å². The smallest absolute Gasteiger partial charge is 0.311 e. The molecule has 1 aromatic heterocycles. The summed E-state index contributed by atoms with van der Waals surface area (Å²) in [5, 5.41) is 13.3. The highest BCUT2D eigenvalue weighted by atomic mass is 16.4. The number of carboxylic acids is 1. The van der Waals surface area contributed by atoms with Crippen LogP contribution < -0.4 is 0 Å². The van der Waals surface area contributed by atoms with Gasteiger partial charge in [-0.2, -0.15) is 5.10 Å². The lowest BCUT2D eigenvalue weighted by Gasteiger charge is -2.19. The van der Waals surface area contributed by atoms with E-state index in [1.54, 1.807) is 28.9 Å². The molecule has 1 fully saturated rings. The highest BCUT2D eigenvalue weighted by molar-refractivity contribution is 5.94. The standard InChI is InChI=1S/C13H19N3O3/c1-3-5-16-8-10(7-14-16)11(17)15-6-4-13(2,9-15)12(18)19/h7-8H,3-6,9H2,1-2H3,(H,18,19). The van der Waals surface area contributed by atoms with Gasteiger partial charge in [0.25, 0.3) is 5.91 Å². The lowest BCUT2D eigenvalue weighted by Crippen LogP contribution is -2.34. The maximum absolute atomic E-state index is 12.3. The summed E-state index contributed by atoms with van der Waals surface area (Å²) in [6.07, 6.45) is 4.73. The van der Waals surface area contributed by atoms with Crippen molar-refractivity contribution >= 4 is 11.9 Å². The SMILES string of the molecule is CCCn1cc(C(=O)N2CCC(C)(C(=O)O)C2)cn1. The van der Waals surface area contributed by atoms with Gasteiger partial charge in [0.05, 0.1) is 17.2 Å². The largest absolute Gasteiger partial charge is 0.481 e. The average molecular weight is 265 g/mol. The number of aromatic nitrogens is 2. The van der Waals surface area contributed by atoms with Gasteiger partial charge in [-0.3, -0.25) is 14.3 Å². The molecule has 0 aliphatic carbocycles. The Morgan fingerprint density at radius 1 is 1.53 bits per heavy atom. The van der Waals surface area contributed by atoms with Crippen molar-refractivity contribution < 1.29 is 14.7 Å². The number of hydrogen-bond acceptors (Lipinski definition) is 3. The number of carbonyl (C=O) groups excluding carboxylic acids is 1. The van der Waals surface area contributed by atoms with E-state index in [0.29, 0.717) is 18.5 Å². The second kappa shape index (κ2) is 5.03. The molecule has 1 aliphatic rings. The highest BCUT2D eigenvalue weighted by Gasteiger charge is 2.42. The van der Waals surface area contributed by atoms with E-state index in [1.807, 2.05) is 6.92 Å². The quantitative estimate of drug-likeness (QED) is 0.888. The molecular formula is C13H19N3O3. The first kappa shape index (κ1) is 13.6. The van der Waals surface area contributed by atoms with Crippen LogP contribution >= 0.6 is 0 Å². The predicted octanol–water partition coefficient (Wildman–Crippen LogP) is 1.23. The third-order valence-electron chi connectivity index (χ3n) is 3.61. The van der Waals surface area contributed by atoms with Crippen LogP contribution in [0.1, 0.15) is 37.0 Å². The Kier molecular flexibility index (Phi) is 3.59. The fourth-order valence-corrected chi connectivity index (χ4v) is 2.32. The fourth-order valence-electron chi connectivity index (χ4n) is 2.32. The topological polar surface area (TPSA) is 75.4 Å². The fraction of sp³-hybridized carbons (Fsp3) is 0.615. The van der Waals surface area contributed by atoms with Crippen molar-refractivity contribution in [2.24, 2.45) is 5.41 Å². The second-order valence-electron chi connectivity index (χ2n) is 5.33. The van der Waals surface area contributed by atoms with Gasteiger partial charge in [-0.1, -0.05) is 6.92 Å². The van der Waals surface area contributed by atoms with E-state index < -0.39 is 11.4 Å². The Morgan fingerprint density at radius 2 is 2.26 bits per heavy atom. The zero-order valence-corrected chi connectivity index (χ0v) is 11.3. The van der Waals surface area contributed by atoms with Crippen molar-refractivity contribution in [1.29, 1.82) is 0 Å². The molecule has 1 amide bonds. The second-order valence-corrected chi connectivity index (χ2v) is 5.33. The molecule has 104 valence electrons. The van der Waals surface area contributed by atoms with Gasteiger partial charge in [-0.05, 0) is 19.8 Å². The van der Waals surface area contributed by atoms with Crippen LogP contribution in [0.3, 0.4) is 0 Å². The van der Waals surface area contributed by atoms with Crippen molar-refractivity contribution in [2.75, 3.05) is 13.1 Å². The summed E-state index contributed by atoms with van der Waals surface area (Å²) in [7, 11) is 0. The molecule has 1 unspecified atom stereocenters. The molecule has 1 aliphatic heterocycles. The van der Waals surface area contributed by atoms with Crippen molar-refractivity contribution in [3.05, 3.63) is 18.0 Å². The lowest BCUT2D eigenvalue weighted by atomic mass is 9.90. The molecule has 2 rings (SSSR count). The third kappa shape index (κ3) is 2.62. The summed E-state index contributed by atoms with van der Waals surface area (Å²) in [6.45, 7) is 5.26. The molecule has 2 heterocycles. The number of rotatable bonds is 4. The Balaban J connectivity index is 2.06. The first-order valence-corrected chi connectivity index (χ1v) is 6.51. The zero-order chi connectivity index (χ0) is 14.0. The van der Waals surface area contributed by atoms with Crippen LogP contribution in [0.5, 0.6) is 0 Å². The van der Waals surface area contributed by atoms with Gasteiger partial charge in [0.2, 0.25) is 0 Å². The van der Waals surface area contributed by atoms with Crippen LogP contribution in [0, 0.1) is 5.41 Å². The highest BCUT2D eigenvalue weighted by Crippen LogP contribution is 2.30. The number of hydrogen-bond donors (Lipinski definition) is 1. The molecule has 6 heteroatoms. The minimum absolute atomic E-state index is 0.132. The molecule has 0 spiro atoms. The lowest BCUT2D eigenvalue weighted by molar-refractivity contribution is -0.147. The third-order valence-corrected chi connectivity index (χ3v) is 3.61. The van der Waals surface area contributed by atoms with E-state index >= 15 is 0 Å². The first-order chi connectivity index (χ1) is 8.96. The number of aliphatic carboxylic acids is 1. The molecule has 0 saturated carbocycles. The molecule has 0 radical (unpaired) electrons. The van der Waals surface area contributed by atoms with Crippen molar-refractivity contribution in [3.63, 3.8) is 0 Å². The molecule has 1 aromatic rings. The monoisotopic (exact) mass is 265 g/mol. The predicted molar refractivity (Wildman–Crippen MR) is 68.8 cm³/mol. The summed E-state index contributed by atoms with van der Waals surface area (Å²) < 4.78 is 1.74. The van der Waals surface area contributed by atoms with Gasteiger partial charge in [-0.15, -0.1) is 0 Å². The van der Waals surface area contributed by atoms with Gasteiger partial charge < -0.3 is 10.0 Å². The zero-order valence-electron chi connectivity index (χ0n) is 11.3. The van der Waals surface area contributed by atoms with Crippen LogP contribution in [-0.2, 0) is 11.3 Å². The van der Waals surface area contributed by atoms with Crippen LogP contribution in [-0.4, -0.2) is 44.8 Å². The van der Waals surface area contributed by atoms with Crippen LogP contribution in [0.4, 0.5) is 0 Å². The van der Waals surface area contributed by atoms with Crippen molar-refractivity contribution in [2.45, 2.75) is 33.2 Å². The maximum atomic E-state index is 12.3. The molecule has 6 nitrogen and oxygen atoms in total. The number of aryl methyl sites for hydroxylation is 1. The van der Waals surface area contributed by atoms with Crippen molar-refractivity contribution in [3.8, 4) is 0 Å². The molecule has 0 aromatic carbocycles. The molecule has 19 heavy (non-hydrogen) atoms. The maximum Gasteiger partial charge on any atom is 0.311 e. The normalized spacial score (nSPS) is 22.7.